The summed E-state index contributed by atoms with van der Waals surface area (Å²) in [6, 6.07) is 7.13. The second-order valence-electron chi connectivity index (χ2n) is 5.79. The van der Waals surface area contributed by atoms with E-state index in [0.717, 1.165) is 35.8 Å². The molecule has 2 aromatic heterocycles. The molecule has 112 valence electrons. The van der Waals surface area contributed by atoms with Crippen molar-refractivity contribution >= 4 is 11.3 Å². The van der Waals surface area contributed by atoms with Crippen LogP contribution in [-0.4, -0.2) is 11.0 Å². The number of aromatic amines is 1. The molecule has 2 N–H and O–H groups in total. The molecule has 2 aromatic rings. The minimum atomic E-state index is 0.0437. The predicted molar refractivity (Wildman–Crippen MR) is 89.0 cm³/mol. The molecule has 2 heterocycles. The first-order valence-electron chi connectivity index (χ1n) is 7.72. The van der Waals surface area contributed by atoms with E-state index in [9.17, 15) is 4.79 Å². The first kappa shape index (κ1) is 14.5. The molecule has 4 heteroatoms. The van der Waals surface area contributed by atoms with Crippen LogP contribution in [0.4, 0.5) is 0 Å². The number of rotatable bonds is 5. The second-order valence-corrected chi connectivity index (χ2v) is 6.96. The Kier molecular flexibility index (Phi) is 4.27. The maximum atomic E-state index is 11.8. The summed E-state index contributed by atoms with van der Waals surface area (Å²) in [5.74, 6) is 0. The highest BCUT2D eigenvalue weighted by atomic mass is 32.1. The first-order chi connectivity index (χ1) is 10.2. The van der Waals surface area contributed by atoms with Crippen LogP contribution in [0.2, 0.25) is 0 Å². The quantitative estimate of drug-likeness (QED) is 0.886. The van der Waals surface area contributed by atoms with Gasteiger partial charge in [-0.15, -0.1) is 11.3 Å². The number of thiophene rings is 1. The van der Waals surface area contributed by atoms with E-state index in [4.69, 9.17) is 0 Å². The van der Waals surface area contributed by atoms with Crippen LogP contribution in [0.3, 0.4) is 0 Å². The zero-order valence-corrected chi connectivity index (χ0v) is 13.5. The molecule has 0 atom stereocenters. The normalized spacial score (nSPS) is 15.1. The fourth-order valence-corrected chi connectivity index (χ4v) is 3.69. The lowest BCUT2D eigenvalue weighted by Gasteiger charge is -2.26. The van der Waals surface area contributed by atoms with Gasteiger partial charge in [-0.05, 0) is 44.4 Å². The first-order valence-corrected chi connectivity index (χ1v) is 8.54. The zero-order chi connectivity index (χ0) is 14.8. The fraction of sp³-hybridized carbons (Fsp3) is 0.471. The highest BCUT2D eigenvalue weighted by Gasteiger charge is 2.16. The lowest BCUT2D eigenvalue weighted by Crippen LogP contribution is -2.34. The van der Waals surface area contributed by atoms with Crippen LogP contribution in [0.15, 0.2) is 23.0 Å². The van der Waals surface area contributed by atoms with Crippen molar-refractivity contribution in [3.63, 3.8) is 0 Å². The number of hydrogen-bond donors (Lipinski definition) is 2. The lowest BCUT2D eigenvalue weighted by molar-refractivity contribution is 0.339. The van der Waals surface area contributed by atoms with Crippen molar-refractivity contribution in [1.29, 1.82) is 0 Å². The molecule has 1 saturated carbocycles. The minimum Gasteiger partial charge on any atom is -0.326 e. The van der Waals surface area contributed by atoms with Crippen LogP contribution in [0.1, 0.15) is 42.3 Å². The summed E-state index contributed by atoms with van der Waals surface area (Å²) in [5.41, 5.74) is 3.02. The number of nitrogens with one attached hydrogen (secondary N) is 2. The van der Waals surface area contributed by atoms with Crippen molar-refractivity contribution in [2.24, 2.45) is 0 Å². The number of pyridine rings is 1. The van der Waals surface area contributed by atoms with Crippen LogP contribution in [-0.2, 0) is 13.0 Å². The molecule has 0 spiro atoms. The van der Waals surface area contributed by atoms with Gasteiger partial charge in [0, 0.05) is 39.2 Å². The van der Waals surface area contributed by atoms with Gasteiger partial charge in [0.2, 0.25) is 0 Å². The third-order valence-electron chi connectivity index (χ3n) is 4.29. The second kappa shape index (κ2) is 6.16. The van der Waals surface area contributed by atoms with Gasteiger partial charge in [0.05, 0.1) is 0 Å². The van der Waals surface area contributed by atoms with Crippen molar-refractivity contribution in [2.45, 2.75) is 52.1 Å². The lowest BCUT2D eigenvalue weighted by atomic mass is 9.93. The summed E-state index contributed by atoms with van der Waals surface area (Å²) < 4.78 is 0. The minimum absolute atomic E-state index is 0.0437. The number of hydrogen-bond acceptors (Lipinski definition) is 3. The van der Waals surface area contributed by atoms with Gasteiger partial charge in [-0.2, -0.15) is 0 Å². The van der Waals surface area contributed by atoms with Crippen molar-refractivity contribution in [3.8, 4) is 10.4 Å². The molecule has 0 bridgehead atoms. The van der Waals surface area contributed by atoms with Crippen molar-refractivity contribution in [3.05, 3.63) is 44.7 Å². The van der Waals surface area contributed by atoms with Gasteiger partial charge in [-0.3, -0.25) is 4.79 Å². The topological polar surface area (TPSA) is 44.9 Å². The Morgan fingerprint density at radius 3 is 2.86 bits per heavy atom. The van der Waals surface area contributed by atoms with E-state index in [2.05, 4.69) is 22.4 Å². The Hall–Kier alpha value is -1.39. The van der Waals surface area contributed by atoms with Gasteiger partial charge in [0.15, 0.2) is 0 Å². The summed E-state index contributed by atoms with van der Waals surface area (Å²) >= 11 is 1.82. The monoisotopic (exact) mass is 302 g/mol. The molecular weight excluding hydrogens is 280 g/mol. The van der Waals surface area contributed by atoms with E-state index in [1.165, 1.54) is 29.0 Å². The summed E-state index contributed by atoms with van der Waals surface area (Å²) in [6.45, 7) is 4.95. The molecule has 1 aliphatic rings. The Morgan fingerprint density at radius 1 is 1.38 bits per heavy atom. The van der Waals surface area contributed by atoms with Crippen molar-refractivity contribution < 1.29 is 0 Å². The third kappa shape index (κ3) is 3.11. The number of aryl methyl sites for hydroxylation is 2. The van der Waals surface area contributed by atoms with E-state index in [-0.39, 0.29) is 5.56 Å². The molecule has 0 unspecified atom stereocenters. The van der Waals surface area contributed by atoms with Crippen LogP contribution in [0.25, 0.3) is 10.4 Å². The van der Waals surface area contributed by atoms with Gasteiger partial charge in [-0.25, -0.2) is 0 Å². The van der Waals surface area contributed by atoms with Crippen LogP contribution in [0.5, 0.6) is 0 Å². The molecule has 0 aromatic carbocycles. The molecule has 0 aliphatic heterocycles. The van der Waals surface area contributed by atoms with Gasteiger partial charge in [0.1, 0.15) is 0 Å². The van der Waals surface area contributed by atoms with Crippen LogP contribution in [0, 0.1) is 6.92 Å². The van der Waals surface area contributed by atoms with E-state index in [1.807, 2.05) is 31.3 Å². The molecular formula is C17H22N2OS. The molecule has 3 rings (SSSR count). The SMILES string of the molecule is CCc1cc(-c2ccc(CNC3CCC3)s2)c(C)[nH]c1=O. The summed E-state index contributed by atoms with van der Waals surface area (Å²) in [4.78, 5) is 17.4. The molecule has 0 saturated heterocycles. The molecule has 1 fully saturated rings. The Bertz CT molecular complexity index is 682. The van der Waals surface area contributed by atoms with E-state index in [0.29, 0.717) is 0 Å². The van der Waals surface area contributed by atoms with E-state index in [1.54, 1.807) is 0 Å². The molecule has 21 heavy (non-hydrogen) atoms. The van der Waals surface area contributed by atoms with Crippen molar-refractivity contribution in [2.75, 3.05) is 0 Å². The number of H-pyrrole nitrogens is 1. The average molecular weight is 302 g/mol. The standard InChI is InChI=1S/C17H22N2OS/c1-3-12-9-15(11(2)19-17(12)20)16-8-7-14(21-16)10-18-13-5-4-6-13/h7-9,13,18H,3-6,10H2,1-2H3,(H,19,20). The molecule has 0 amide bonds. The van der Waals surface area contributed by atoms with Gasteiger partial charge in [0.25, 0.3) is 5.56 Å². The maximum Gasteiger partial charge on any atom is 0.251 e. The molecule has 0 radical (unpaired) electrons. The fourth-order valence-electron chi connectivity index (χ4n) is 2.66. The van der Waals surface area contributed by atoms with E-state index < -0.39 is 0 Å². The van der Waals surface area contributed by atoms with E-state index >= 15 is 0 Å². The number of aromatic nitrogens is 1. The highest BCUT2D eigenvalue weighted by Crippen LogP contribution is 2.30. The summed E-state index contributed by atoms with van der Waals surface area (Å²) in [5, 5.41) is 3.60. The average Bonchev–Trinajstić information content (AvgIpc) is 2.86. The smallest absolute Gasteiger partial charge is 0.251 e. The summed E-state index contributed by atoms with van der Waals surface area (Å²) in [7, 11) is 0. The maximum absolute atomic E-state index is 11.8. The van der Waals surface area contributed by atoms with Gasteiger partial charge in [-0.1, -0.05) is 13.3 Å². The predicted octanol–water partition coefficient (Wildman–Crippen LogP) is 3.62. The van der Waals surface area contributed by atoms with Crippen LogP contribution >= 0.6 is 11.3 Å². The largest absolute Gasteiger partial charge is 0.326 e. The molecule has 3 nitrogen and oxygen atoms in total. The van der Waals surface area contributed by atoms with Crippen molar-refractivity contribution in [1.82, 2.24) is 10.3 Å². The van der Waals surface area contributed by atoms with Gasteiger partial charge >= 0.3 is 0 Å². The van der Waals surface area contributed by atoms with Gasteiger partial charge < -0.3 is 10.3 Å². The zero-order valence-electron chi connectivity index (χ0n) is 12.7. The Morgan fingerprint density at radius 2 is 2.19 bits per heavy atom. The Labute approximate surface area is 129 Å². The van der Waals surface area contributed by atoms with Crippen LogP contribution < -0.4 is 10.9 Å². The highest BCUT2D eigenvalue weighted by molar-refractivity contribution is 7.15. The summed E-state index contributed by atoms with van der Waals surface area (Å²) in [6.07, 6.45) is 4.77. The Balaban J connectivity index is 1.80. The third-order valence-corrected chi connectivity index (χ3v) is 5.41. The molecule has 1 aliphatic carbocycles.